The van der Waals surface area contributed by atoms with E-state index in [1.54, 1.807) is 0 Å². The van der Waals surface area contributed by atoms with Crippen molar-refractivity contribution in [2.45, 2.75) is 37.1 Å². The number of aliphatic hydroxyl groups excluding tert-OH is 4. The number of ether oxygens (including phenoxy) is 1. The van der Waals surface area contributed by atoms with Gasteiger partial charge in [-0.3, -0.25) is 0 Å². The molecule has 1 heterocycles. The van der Waals surface area contributed by atoms with Crippen molar-refractivity contribution in [1.82, 2.24) is 0 Å². The minimum Gasteiger partial charge on any atom is -0.388 e. The van der Waals surface area contributed by atoms with Gasteiger partial charge in [-0.15, -0.1) is 0 Å². The predicted octanol–water partition coefficient (Wildman–Crippen LogP) is -1.51. The SMILES string of the molecule is [N-]=[N+]=NCC[C@H]1O[C@H](O)[C@H](O)[C@@H](O)[C@@H]1O. The third-order valence-corrected chi connectivity index (χ3v) is 2.26. The zero-order valence-electron chi connectivity index (χ0n) is 7.84. The lowest BCUT2D eigenvalue weighted by Crippen LogP contribution is -2.57. The number of aliphatic hydroxyl groups is 4. The lowest BCUT2D eigenvalue weighted by molar-refractivity contribution is -0.282. The van der Waals surface area contributed by atoms with Crippen molar-refractivity contribution in [3.05, 3.63) is 10.4 Å². The van der Waals surface area contributed by atoms with E-state index < -0.39 is 30.7 Å². The lowest BCUT2D eigenvalue weighted by Gasteiger charge is -2.38. The van der Waals surface area contributed by atoms with Crippen LogP contribution in [0.25, 0.3) is 10.4 Å². The van der Waals surface area contributed by atoms with Crippen LogP contribution in [-0.4, -0.2) is 57.7 Å². The van der Waals surface area contributed by atoms with Gasteiger partial charge in [-0.2, -0.15) is 0 Å². The molecule has 0 aromatic heterocycles. The molecule has 0 unspecified atom stereocenters. The molecule has 8 nitrogen and oxygen atoms in total. The van der Waals surface area contributed by atoms with E-state index in [2.05, 4.69) is 10.0 Å². The second-order valence-electron chi connectivity index (χ2n) is 3.28. The summed E-state index contributed by atoms with van der Waals surface area (Å²) in [5.74, 6) is 0. The summed E-state index contributed by atoms with van der Waals surface area (Å²) in [6, 6.07) is 0. The summed E-state index contributed by atoms with van der Waals surface area (Å²) < 4.78 is 4.84. The Kier molecular flexibility index (Phi) is 4.28. The second-order valence-corrected chi connectivity index (χ2v) is 3.28. The maximum atomic E-state index is 9.44. The molecule has 5 atom stereocenters. The molecule has 1 rings (SSSR count). The summed E-state index contributed by atoms with van der Waals surface area (Å²) in [5, 5.41) is 40.3. The van der Waals surface area contributed by atoms with Crippen LogP contribution in [0.1, 0.15) is 6.42 Å². The molecule has 1 aliphatic rings. The van der Waals surface area contributed by atoms with Crippen molar-refractivity contribution < 1.29 is 25.2 Å². The zero-order valence-corrected chi connectivity index (χ0v) is 7.84. The fourth-order valence-corrected chi connectivity index (χ4v) is 1.40. The van der Waals surface area contributed by atoms with Crippen LogP contribution in [0, 0.1) is 0 Å². The van der Waals surface area contributed by atoms with Gasteiger partial charge in [0.15, 0.2) is 6.29 Å². The minimum atomic E-state index is -1.54. The smallest absolute Gasteiger partial charge is 0.183 e. The number of azide groups is 1. The van der Waals surface area contributed by atoms with Crippen molar-refractivity contribution in [3.63, 3.8) is 0 Å². The van der Waals surface area contributed by atoms with Crippen molar-refractivity contribution in [1.29, 1.82) is 0 Å². The zero-order chi connectivity index (χ0) is 11.4. The monoisotopic (exact) mass is 219 g/mol. The van der Waals surface area contributed by atoms with Crippen LogP contribution in [0.5, 0.6) is 0 Å². The van der Waals surface area contributed by atoms with E-state index in [0.29, 0.717) is 0 Å². The summed E-state index contributed by atoms with van der Waals surface area (Å²) in [6.45, 7) is 0.0771. The summed E-state index contributed by atoms with van der Waals surface area (Å²) >= 11 is 0. The highest BCUT2D eigenvalue weighted by molar-refractivity contribution is 4.88. The predicted molar refractivity (Wildman–Crippen MR) is 47.5 cm³/mol. The maximum Gasteiger partial charge on any atom is 0.183 e. The molecule has 15 heavy (non-hydrogen) atoms. The van der Waals surface area contributed by atoms with Crippen molar-refractivity contribution in [3.8, 4) is 0 Å². The molecule has 0 saturated carbocycles. The maximum absolute atomic E-state index is 9.44. The summed E-state index contributed by atoms with van der Waals surface area (Å²) in [5.41, 5.74) is 8.02. The van der Waals surface area contributed by atoms with Crippen molar-refractivity contribution >= 4 is 0 Å². The van der Waals surface area contributed by atoms with Crippen molar-refractivity contribution in [2.24, 2.45) is 5.11 Å². The van der Waals surface area contributed by atoms with E-state index in [0.717, 1.165) is 0 Å². The van der Waals surface area contributed by atoms with Gasteiger partial charge in [0.05, 0.1) is 6.10 Å². The molecule has 0 aromatic rings. The Labute approximate surface area is 85.3 Å². The molecule has 0 amide bonds. The Bertz CT molecular complexity index is 257. The molecule has 1 saturated heterocycles. The third kappa shape index (κ3) is 2.78. The summed E-state index contributed by atoms with van der Waals surface area (Å²) in [7, 11) is 0. The molecule has 8 heteroatoms. The van der Waals surface area contributed by atoms with E-state index in [1.165, 1.54) is 0 Å². The van der Waals surface area contributed by atoms with Gasteiger partial charge in [0.2, 0.25) is 0 Å². The molecule has 0 bridgehead atoms. The number of hydrogen-bond acceptors (Lipinski definition) is 6. The Morgan fingerprint density at radius 2 is 1.80 bits per heavy atom. The van der Waals surface area contributed by atoms with E-state index in [4.69, 9.17) is 20.5 Å². The van der Waals surface area contributed by atoms with Gasteiger partial charge in [-0.1, -0.05) is 5.11 Å². The Morgan fingerprint density at radius 1 is 1.13 bits per heavy atom. The molecule has 0 radical (unpaired) electrons. The van der Waals surface area contributed by atoms with Crippen LogP contribution < -0.4 is 0 Å². The number of nitrogens with zero attached hydrogens (tertiary/aromatic N) is 3. The van der Waals surface area contributed by atoms with E-state index >= 15 is 0 Å². The van der Waals surface area contributed by atoms with Gasteiger partial charge >= 0.3 is 0 Å². The average Bonchev–Trinajstić information content (AvgIpc) is 2.23. The standard InChI is InChI=1S/C7H13N3O5/c8-10-9-2-1-3-4(11)5(12)6(13)7(14)15-3/h3-7,11-14H,1-2H2/t3-,4-,5+,6-,7+/m1/s1. The molecular weight excluding hydrogens is 206 g/mol. The summed E-state index contributed by atoms with van der Waals surface area (Å²) in [6.07, 6.45) is -6.55. The fourth-order valence-electron chi connectivity index (χ4n) is 1.40. The van der Waals surface area contributed by atoms with Gasteiger partial charge in [-0.05, 0) is 12.0 Å². The van der Waals surface area contributed by atoms with Crippen LogP contribution in [0.2, 0.25) is 0 Å². The average molecular weight is 219 g/mol. The molecular formula is C7H13N3O5. The van der Waals surface area contributed by atoms with Gasteiger partial charge in [0.25, 0.3) is 0 Å². The molecule has 86 valence electrons. The minimum absolute atomic E-state index is 0.0771. The topological polar surface area (TPSA) is 139 Å². The first-order valence-corrected chi connectivity index (χ1v) is 4.46. The van der Waals surface area contributed by atoms with E-state index in [1.807, 2.05) is 0 Å². The van der Waals surface area contributed by atoms with Crippen LogP contribution in [0.3, 0.4) is 0 Å². The first-order chi connectivity index (χ1) is 7.07. The van der Waals surface area contributed by atoms with Gasteiger partial charge in [0, 0.05) is 11.5 Å². The Balaban J connectivity index is 2.54. The second kappa shape index (κ2) is 5.26. The molecule has 0 aliphatic carbocycles. The van der Waals surface area contributed by atoms with Crippen LogP contribution in [0.4, 0.5) is 0 Å². The van der Waals surface area contributed by atoms with Gasteiger partial charge in [-0.25, -0.2) is 0 Å². The normalized spacial score (nSPS) is 40.9. The van der Waals surface area contributed by atoms with Crippen LogP contribution >= 0.6 is 0 Å². The third-order valence-electron chi connectivity index (χ3n) is 2.26. The largest absolute Gasteiger partial charge is 0.388 e. The molecule has 0 aromatic carbocycles. The lowest BCUT2D eigenvalue weighted by atomic mass is 9.97. The highest BCUT2D eigenvalue weighted by atomic mass is 16.6. The highest BCUT2D eigenvalue weighted by Gasteiger charge is 2.42. The van der Waals surface area contributed by atoms with Gasteiger partial charge in [0.1, 0.15) is 18.3 Å². The van der Waals surface area contributed by atoms with Gasteiger partial charge < -0.3 is 25.2 Å². The van der Waals surface area contributed by atoms with E-state index in [-0.39, 0.29) is 13.0 Å². The first-order valence-electron chi connectivity index (χ1n) is 4.46. The fraction of sp³-hybridized carbons (Fsp3) is 1.00. The number of hydrogen-bond donors (Lipinski definition) is 4. The van der Waals surface area contributed by atoms with E-state index in [9.17, 15) is 10.2 Å². The first kappa shape index (κ1) is 12.2. The number of rotatable bonds is 3. The highest BCUT2D eigenvalue weighted by Crippen LogP contribution is 2.21. The Morgan fingerprint density at radius 3 is 2.40 bits per heavy atom. The Hall–Kier alpha value is -0.890. The molecule has 0 spiro atoms. The molecule has 1 aliphatic heterocycles. The van der Waals surface area contributed by atoms with Crippen LogP contribution in [-0.2, 0) is 4.74 Å². The van der Waals surface area contributed by atoms with Crippen LogP contribution in [0.15, 0.2) is 5.11 Å². The van der Waals surface area contributed by atoms with Crippen molar-refractivity contribution in [2.75, 3.05) is 6.54 Å². The molecule has 1 fully saturated rings. The molecule has 4 N–H and O–H groups in total. The summed E-state index contributed by atoms with van der Waals surface area (Å²) in [4.78, 5) is 2.51. The quantitative estimate of drug-likeness (QED) is 0.259.